The third-order valence-electron chi connectivity index (χ3n) is 6.50. The zero-order chi connectivity index (χ0) is 22.7. The Morgan fingerprint density at radius 1 is 0.969 bits per heavy atom. The lowest BCUT2D eigenvalue weighted by Crippen LogP contribution is -2.29. The van der Waals surface area contributed by atoms with Gasteiger partial charge in [0, 0.05) is 19.7 Å². The van der Waals surface area contributed by atoms with Crippen LogP contribution in [0.5, 0.6) is 11.5 Å². The van der Waals surface area contributed by atoms with Gasteiger partial charge in [-0.05, 0) is 61.4 Å². The summed E-state index contributed by atoms with van der Waals surface area (Å²) in [4.78, 5) is 24.7. The molecule has 1 aliphatic carbocycles. The minimum atomic E-state index is -0.121. The third-order valence-corrected chi connectivity index (χ3v) is 6.50. The first-order valence-electron chi connectivity index (χ1n) is 11.0. The van der Waals surface area contributed by atoms with E-state index in [4.69, 9.17) is 14.2 Å². The molecule has 32 heavy (non-hydrogen) atoms. The molecule has 4 rings (SSSR count). The van der Waals surface area contributed by atoms with Crippen LogP contribution in [0.3, 0.4) is 0 Å². The van der Waals surface area contributed by atoms with Gasteiger partial charge in [0.25, 0.3) is 0 Å². The monoisotopic (exact) mass is 438 g/mol. The van der Waals surface area contributed by atoms with Crippen molar-refractivity contribution < 1.29 is 19.0 Å². The van der Waals surface area contributed by atoms with Crippen LogP contribution in [0.1, 0.15) is 31.2 Å². The van der Waals surface area contributed by atoms with E-state index in [-0.39, 0.29) is 17.6 Å². The number of rotatable bonds is 7. The summed E-state index contributed by atoms with van der Waals surface area (Å²) in [6.45, 7) is 1.08. The zero-order valence-corrected chi connectivity index (χ0v) is 18.9. The molecule has 7 nitrogen and oxygen atoms in total. The molecular formula is C25H30N2O5. The number of esters is 1. The van der Waals surface area contributed by atoms with E-state index in [2.05, 4.69) is 0 Å². The van der Waals surface area contributed by atoms with E-state index in [1.807, 2.05) is 47.0 Å². The van der Waals surface area contributed by atoms with Gasteiger partial charge in [-0.25, -0.2) is 4.79 Å². The van der Waals surface area contributed by atoms with Gasteiger partial charge in [-0.2, -0.15) is 0 Å². The van der Waals surface area contributed by atoms with Gasteiger partial charge in [0.1, 0.15) is 18.1 Å². The number of hydrogen-bond acceptors (Lipinski definition) is 5. The molecular weight excluding hydrogens is 408 g/mol. The quantitative estimate of drug-likeness (QED) is 0.523. The Morgan fingerprint density at radius 3 is 2.31 bits per heavy atom. The van der Waals surface area contributed by atoms with Gasteiger partial charge in [0.15, 0.2) is 0 Å². The number of carbonyl (C=O) groups excluding carboxylic acids is 1. The van der Waals surface area contributed by atoms with Crippen LogP contribution in [-0.2, 0) is 29.7 Å². The molecule has 1 heterocycles. The summed E-state index contributed by atoms with van der Waals surface area (Å²) in [6, 6.07) is 13.5. The van der Waals surface area contributed by atoms with E-state index in [0.29, 0.717) is 19.1 Å². The van der Waals surface area contributed by atoms with Crippen molar-refractivity contribution in [2.24, 2.45) is 18.9 Å². The van der Waals surface area contributed by atoms with Crippen LogP contribution in [0, 0.1) is 11.8 Å². The topological polar surface area (TPSA) is 71.7 Å². The highest BCUT2D eigenvalue weighted by molar-refractivity contribution is 5.78. The fraction of sp³-hybridized carbons (Fsp3) is 0.440. The predicted molar refractivity (Wildman–Crippen MR) is 122 cm³/mol. The minimum Gasteiger partial charge on any atom is -0.497 e. The van der Waals surface area contributed by atoms with Crippen LogP contribution in [-0.4, -0.2) is 29.3 Å². The molecule has 2 aromatic carbocycles. The molecule has 0 radical (unpaired) electrons. The lowest BCUT2D eigenvalue weighted by atomic mass is 9.82. The molecule has 0 aliphatic heterocycles. The van der Waals surface area contributed by atoms with Crippen molar-refractivity contribution >= 4 is 17.0 Å². The summed E-state index contributed by atoms with van der Waals surface area (Å²) in [7, 11) is 4.89. The van der Waals surface area contributed by atoms with Crippen molar-refractivity contribution in [3.05, 3.63) is 58.5 Å². The fourth-order valence-electron chi connectivity index (χ4n) is 4.55. The first-order chi connectivity index (χ1) is 15.5. The first-order valence-corrected chi connectivity index (χ1v) is 11.0. The van der Waals surface area contributed by atoms with Crippen LogP contribution >= 0.6 is 0 Å². The average molecular weight is 439 g/mol. The van der Waals surface area contributed by atoms with Gasteiger partial charge in [-0.1, -0.05) is 12.1 Å². The Labute approximate surface area is 187 Å². The number of aryl methyl sites for hydroxylation is 1. The summed E-state index contributed by atoms with van der Waals surface area (Å²) in [5.74, 6) is 1.76. The van der Waals surface area contributed by atoms with E-state index in [1.165, 1.54) is 7.11 Å². The molecule has 3 aromatic rings. The molecule has 1 fully saturated rings. The maximum atomic E-state index is 12.9. The second-order valence-corrected chi connectivity index (χ2v) is 8.48. The van der Waals surface area contributed by atoms with E-state index < -0.39 is 0 Å². The predicted octanol–water partition coefficient (Wildman–Crippen LogP) is 3.91. The molecule has 1 aromatic heterocycles. The molecule has 0 atom stereocenters. The first kappa shape index (κ1) is 22.0. The van der Waals surface area contributed by atoms with Crippen molar-refractivity contribution in [1.29, 1.82) is 0 Å². The summed E-state index contributed by atoms with van der Waals surface area (Å²) in [5, 5.41) is 0. The standard InChI is InChI=1S/C25H30N2O5/c1-26-22-13-12-21(32-16-18-6-10-20(30-2)11-7-18)14-23(22)27(25(26)29)15-17-4-8-19(9-5-17)24(28)31-3/h6-7,10-14,17,19H,4-5,8-9,15-16H2,1-3H3. The van der Waals surface area contributed by atoms with Crippen LogP contribution in [0.25, 0.3) is 11.0 Å². The van der Waals surface area contributed by atoms with Crippen molar-refractivity contribution in [3.63, 3.8) is 0 Å². The molecule has 0 amide bonds. The normalized spacial score (nSPS) is 18.5. The number of imidazole rings is 1. The van der Waals surface area contributed by atoms with E-state index in [1.54, 1.807) is 18.7 Å². The summed E-state index contributed by atoms with van der Waals surface area (Å²) >= 11 is 0. The highest BCUT2D eigenvalue weighted by Crippen LogP contribution is 2.31. The lowest BCUT2D eigenvalue weighted by molar-refractivity contribution is -0.146. The molecule has 1 aliphatic rings. The van der Waals surface area contributed by atoms with E-state index in [9.17, 15) is 9.59 Å². The number of methoxy groups -OCH3 is 2. The largest absolute Gasteiger partial charge is 0.497 e. The molecule has 0 saturated heterocycles. The molecule has 170 valence electrons. The highest BCUT2D eigenvalue weighted by atomic mass is 16.5. The van der Waals surface area contributed by atoms with Gasteiger partial charge in [0.05, 0.1) is 31.2 Å². The lowest BCUT2D eigenvalue weighted by Gasteiger charge is -2.27. The number of fused-ring (bicyclic) bond motifs is 1. The van der Waals surface area contributed by atoms with Crippen molar-refractivity contribution in [2.75, 3.05) is 14.2 Å². The van der Waals surface area contributed by atoms with E-state index in [0.717, 1.165) is 53.8 Å². The van der Waals surface area contributed by atoms with Crippen molar-refractivity contribution in [3.8, 4) is 11.5 Å². The fourth-order valence-corrected chi connectivity index (χ4v) is 4.55. The van der Waals surface area contributed by atoms with Crippen molar-refractivity contribution in [2.45, 2.75) is 38.8 Å². The number of carbonyl (C=O) groups is 1. The van der Waals surface area contributed by atoms with Crippen molar-refractivity contribution in [1.82, 2.24) is 9.13 Å². The average Bonchev–Trinajstić information content (AvgIpc) is 3.07. The van der Waals surface area contributed by atoms with E-state index >= 15 is 0 Å². The van der Waals surface area contributed by atoms with Crippen LogP contribution in [0.4, 0.5) is 0 Å². The number of ether oxygens (including phenoxy) is 3. The second-order valence-electron chi connectivity index (χ2n) is 8.48. The van der Waals surface area contributed by atoms with Gasteiger partial charge in [0.2, 0.25) is 0 Å². The maximum absolute atomic E-state index is 12.9. The minimum absolute atomic E-state index is 0.0153. The smallest absolute Gasteiger partial charge is 0.328 e. The Morgan fingerprint density at radius 2 is 1.66 bits per heavy atom. The maximum Gasteiger partial charge on any atom is 0.328 e. The Hall–Kier alpha value is -3.22. The molecule has 0 spiro atoms. The Kier molecular flexibility index (Phi) is 6.53. The summed E-state index contributed by atoms with van der Waals surface area (Å²) in [6.07, 6.45) is 3.45. The number of nitrogens with zero attached hydrogens (tertiary/aromatic N) is 2. The number of aromatic nitrogens is 2. The Bertz CT molecular complexity index is 1140. The second kappa shape index (κ2) is 9.51. The van der Waals surface area contributed by atoms with Gasteiger partial charge in [-0.15, -0.1) is 0 Å². The molecule has 7 heteroatoms. The molecule has 0 unspecified atom stereocenters. The summed E-state index contributed by atoms with van der Waals surface area (Å²) in [5.41, 5.74) is 2.77. The van der Waals surface area contributed by atoms with Crippen LogP contribution < -0.4 is 15.2 Å². The third kappa shape index (κ3) is 4.52. The Balaban J connectivity index is 1.49. The zero-order valence-electron chi connectivity index (χ0n) is 18.9. The number of hydrogen-bond donors (Lipinski definition) is 0. The number of benzene rings is 2. The van der Waals surface area contributed by atoms with Crippen LogP contribution in [0.2, 0.25) is 0 Å². The van der Waals surface area contributed by atoms with Gasteiger partial charge < -0.3 is 14.2 Å². The van der Waals surface area contributed by atoms with Crippen LogP contribution in [0.15, 0.2) is 47.3 Å². The molecule has 0 N–H and O–H groups in total. The summed E-state index contributed by atoms with van der Waals surface area (Å²) < 4.78 is 19.6. The molecule has 0 bridgehead atoms. The van der Waals surface area contributed by atoms with Gasteiger partial charge >= 0.3 is 11.7 Å². The molecule has 1 saturated carbocycles. The SMILES string of the molecule is COC(=O)C1CCC(Cn2c(=O)n(C)c3ccc(OCc4ccc(OC)cc4)cc32)CC1. The van der Waals surface area contributed by atoms with Gasteiger partial charge in [-0.3, -0.25) is 13.9 Å². The highest BCUT2D eigenvalue weighted by Gasteiger charge is 2.28.